The van der Waals surface area contributed by atoms with E-state index in [1.807, 2.05) is 12.3 Å². The van der Waals surface area contributed by atoms with Crippen LogP contribution in [0.3, 0.4) is 0 Å². The number of aromatic nitrogens is 1. The lowest BCUT2D eigenvalue weighted by Gasteiger charge is -2.01. The maximum Gasteiger partial charge on any atom is 0.0340 e. The molecule has 2 rings (SSSR count). The Morgan fingerprint density at radius 3 is 3.29 bits per heavy atom. The van der Waals surface area contributed by atoms with Gasteiger partial charge in [0, 0.05) is 12.4 Å². The van der Waals surface area contributed by atoms with Gasteiger partial charge in [-0.25, -0.2) is 0 Å². The molecule has 0 spiro atoms. The van der Waals surface area contributed by atoms with E-state index in [2.05, 4.69) is 28.5 Å². The van der Waals surface area contributed by atoms with Gasteiger partial charge in [0.1, 0.15) is 0 Å². The highest BCUT2D eigenvalue weighted by atomic mass is 14.9. The van der Waals surface area contributed by atoms with Gasteiger partial charge in [0.2, 0.25) is 0 Å². The Labute approximate surface area is 85.1 Å². The van der Waals surface area contributed by atoms with Crippen LogP contribution in [0.15, 0.2) is 30.6 Å². The average Bonchev–Trinajstić information content (AvgIpc) is 2.72. The van der Waals surface area contributed by atoms with Gasteiger partial charge in [-0.05, 0) is 43.5 Å². The molecule has 1 unspecified atom stereocenters. The van der Waals surface area contributed by atoms with E-state index in [0.29, 0.717) is 0 Å². The van der Waals surface area contributed by atoms with Gasteiger partial charge in [-0.1, -0.05) is 18.2 Å². The maximum atomic E-state index is 4.07. The van der Waals surface area contributed by atoms with E-state index < -0.39 is 0 Å². The minimum absolute atomic E-state index is 0.836. The zero-order valence-electron chi connectivity index (χ0n) is 8.32. The van der Waals surface area contributed by atoms with Gasteiger partial charge in [-0.3, -0.25) is 4.98 Å². The quantitative estimate of drug-likeness (QED) is 0.785. The molecule has 2 heteroatoms. The molecular weight excluding hydrogens is 172 g/mol. The van der Waals surface area contributed by atoms with Crippen molar-refractivity contribution in [3.05, 3.63) is 36.2 Å². The fourth-order valence-corrected chi connectivity index (χ4v) is 1.79. The van der Waals surface area contributed by atoms with Gasteiger partial charge >= 0.3 is 0 Å². The molecule has 0 aliphatic carbocycles. The molecule has 1 aliphatic heterocycles. The molecule has 74 valence electrons. The number of allylic oxidation sites excluding steroid dienone is 1. The van der Waals surface area contributed by atoms with Crippen LogP contribution in [-0.2, 0) is 0 Å². The van der Waals surface area contributed by atoms with E-state index in [4.69, 9.17) is 0 Å². The Balaban J connectivity index is 1.82. The monoisotopic (exact) mass is 188 g/mol. The van der Waals surface area contributed by atoms with Crippen molar-refractivity contribution in [1.29, 1.82) is 0 Å². The first-order valence-corrected chi connectivity index (χ1v) is 5.22. The molecule has 0 amide bonds. The van der Waals surface area contributed by atoms with Crippen LogP contribution < -0.4 is 5.32 Å². The Kier molecular flexibility index (Phi) is 3.30. The van der Waals surface area contributed by atoms with Crippen LogP contribution in [0.2, 0.25) is 0 Å². The van der Waals surface area contributed by atoms with E-state index in [0.717, 1.165) is 5.92 Å². The third kappa shape index (κ3) is 2.67. The van der Waals surface area contributed by atoms with E-state index in [1.165, 1.54) is 31.5 Å². The van der Waals surface area contributed by atoms with Gasteiger partial charge in [0.15, 0.2) is 0 Å². The van der Waals surface area contributed by atoms with Crippen molar-refractivity contribution < 1.29 is 0 Å². The summed E-state index contributed by atoms with van der Waals surface area (Å²) in [6.07, 6.45) is 10.6. The number of nitrogens with zero attached hydrogens (tertiary/aromatic N) is 1. The summed E-state index contributed by atoms with van der Waals surface area (Å²) in [4.78, 5) is 4.07. The highest BCUT2D eigenvalue weighted by Crippen LogP contribution is 2.13. The summed E-state index contributed by atoms with van der Waals surface area (Å²) in [5.41, 5.74) is 1.19. The first-order chi connectivity index (χ1) is 6.95. The van der Waals surface area contributed by atoms with Crippen molar-refractivity contribution in [3.8, 4) is 0 Å². The first-order valence-electron chi connectivity index (χ1n) is 5.22. The summed E-state index contributed by atoms with van der Waals surface area (Å²) in [6, 6.07) is 4.05. The number of hydrogen-bond acceptors (Lipinski definition) is 2. The third-order valence-corrected chi connectivity index (χ3v) is 2.63. The smallest absolute Gasteiger partial charge is 0.0340 e. The highest BCUT2D eigenvalue weighted by Gasteiger charge is 2.11. The van der Waals surface area contributed by atoms with Gasteiger partial charge in [0.05, 0.1) is 0 Å². The van der Waals surface area contributed by atoms with Crippen LogP contribution in [0.5, 0.6) is 0 Å². The van der Waals surface area contributed by atoms with Crippen molar-refractivity contribution in [1.82, 2.24) is 10.3 Å². The van der Waals surface area contributed by atoms with Crippen molar-refractivity contribution in [2.24, 2.45) is 5.92 Å². The summed E-state index contributed by atoms with van der Waals surface area (Å²) in [5, 5.41) is 3.37. The van der Waals surface area contributed by atoms with E-state index in [1.54, 1.807) is 6.20 Å². The lowest BCUT2D eigenvalue weighted by molar-refractivity contribution is 0.594. The van der Waals surface area contributed by atoms with Gasteiger partial charge in [0.25, 0.3) is 0 Å². The van der Waals surface area contributed by atoms with Crippen LogP contribution in [0.25, 0.3) is 6.08 Å². The summed E-state index contributed by atoms with van der Waals surface area (Å²) in [5.74, 6) is 0.836. The molecule has 2 nitrogen and oxygen atoms in total. The van der Waals surface area contributed by atoms with Crippen molar-refractivity contribution >= 4 is 6.08 Å². The Bertz CT molecular complexity index is 286. The summed E-state index contributed by atoms with van der Waals surface area (Å²) < 4.78 is 0. The molecule has 1 aromatic rings. The van der Waals surface area contributed by atoms with Crippen LogP contribution in [0, 0.1) is 5.92 Å². The number of pyridine rings is 1. The summed E-state index contributed by atoms with van der Waals surface area (Å²) >= 11 is 0. The van der Waals surface area contributed by atoms with Crippen LogP contribution in [0.1, 0.15) is 18.4 Å². The average molecular weight is 188 g/mol. The fraction of sp³-hybridized carbons (Fsp3) is 0.417. The molecule has 14 heavy (non-hydrogen) atoms. The van der Waals surface area contributed by atoms with E-state index in [-0.39, 0.29) is 0 Å². The predicted octanol–water partition coefficient (Wildman–Crippen LogP) is 2.09. The molecule has 1 fully saturated rings. The second-order valence-corrected chi connectivity index (χ2v) is 3.78. The van der Waals surface area contributed by atoms with E-state index in [9.17, 15) is 0 Å². The second kappa shape index (κ2) is 4.91. The minimum Gasteiger partial charge on any atom is -0.316 e. The molecule has 1 atom stereocenters. The minimum atomic E-state index is 0.836. The Hall–Kier alpha value is -1.15. The van der Waals surface area contributed by atoms with Gasteiger partial charge in [-0.2, -0.15) is 0 Å². The fourth-order valence-electron chi connectivity index (χ4n) is 1.79. The molecule has 1 aromatic heterocycles. The molecule has 1 N–H and O–H groups in total. The first kappa shape index (κ1) is 9.41. The SMILES string of the molecule is C(=Cc1cccnc1)CC1CCNC1. The zero-order chi connectivity index (χ0) is 9.64. The molecule has 1 aliphatic rings. The molecule has 0 saturated carbocycles. The number of nitrogens with one attached hydrogen (secondary N) is 1. The standard InChI is InChI=1S/C12H16N2/c1(4-12-6-8-14-10-12)3-11-5-2-7-13-9-11/h1-3,5,7,9,12,14H,4,6,8,10H2. The maximum absolute atomic E-state index is 4.07. The summed E-state index contributed by atoms with van der Waals surface area (Å²) in [7, 11) is 0. The highest BCUT2D eigenvalue weighted by molar-refractivity contribution is 5.47. The lowest BCUT2D eigenvalue weighted by atomic mass is 10.0. The van der Waals surface area contributed by atoms with Gasteiger partial charge in [-0.15, -0.1) is 0 Å². The Morgan fingerprint density at radius 1 is 1.57 bits per heavy atom. The normalized spacial score (nSPS) is 21.9. The van der Waals surface area contributed by atoms with Crippen LogP contribution in [-0.4, -0.2) is 18.1 Å². The third-order valence-electron chi connectivity index (χ3n) is 2.63. The molecule has 0 bridgehead atoms. The second-order valence-electron chi connectivity index (χ2n) is 3.78. The largest absolute Gasteiger partial charge is 0.316 e. The summed E-state index contributed by atoms with van der Waals surface area (Å²) in [6.45, 7) is 2.36. The molecule has 1 saturated heterocycles. The van der Waals surface area contributed by atoms with Crippen LogP contribution >= 0.6 is 0 Å². The van der Waals surface area contributed by atoms with Crippen molar-refractivity contribution in [2.45, 2.75) is 12.8 Å². The zero-order valence-corrected chi connectivity index (χ0v) is 8.32. The molecule has 0 radical (unpaired) electrons. The Morgan fingerprint density at radius 2 is 2.57 bits per heavy atom. The predicted molar refractivity (Wildman–Crippen MR) is 58.9 cm³/mol. The molecular formula is C12H16N2. The molecule has 0 aromatic carbocycles. The van der Waals surface area contributed by atoms with Gasteiger partial charge < -0.3 is 5.32 Å². The van der Waals surface area contributed by atoms with E-state index >= 15 is 0 Å². The number of rotatable bonds is 3. The molecule has 2 heterocycles. The number of hydrogen-bond donors (Lipinski definition) is 1. The topological polar surface area (TPSA) is 24.9 Å². The van der Waals surface area contributed by atoms with Crippen molar-refractivity contribution in [3.63, 3.8) is 0 Å². The lowest BCUT2D eigenvalue weighted by Crippen LogP contribution is -2.08. The van der Waals surface area contributed by atoms with Crippen LogP contribution in [0.4, 0.5) is 0 Å². The van der Waals surface area contributed by atoms with Crippen molar-refractivity contribution in [2.75, 3.05) is 13.1 Å².